The van der Waals surface area contributed by atoms with Crippen LogP contribution in [0.5, 0.6) is 0 Å². The van der Waals surface area contributed by atoms with Crippen molar-refractivity contribution in [2.75, 3.05) is 0 Å². The molecule has 0 unspecified atom stereocenters. The van der Waals surface area contributed by atoms with E-state index in [1.807, 2.05) is 41.5 Å². The highest BCUT2D eigenvalue weighted by molar-refractivity contribution is 7.37. The van der Waals surface area contributed by atoms with Gasteiger partial charge in [0.05, 0.1) is 11.2 Å². The minimum Gasteiger partial charge on any atom is -0.409 e. The Hall–Kier alpha value is -1.84. The SMILES string of the molecule is Cc1cc(C)c(B(B2OC(C)(C)C(C)(C)O2)C(=O)c2c(C)cc(C)cc2C)c(C)c1. The highest BCUT2D eigenvalue weighted by Crippen LogP contribution is 2.38. The van der Waals surface area contributed by atoms with E-state index >= 15 is 0 Å². The molecule has 1 heterocycles. The van der Waals surface area contributed by atoms with Gasteiger partial charge in [-0.3, -0.25) is 0 Å². The predicted molar refractivity (Wildman–Crippen MR) is 127 cm³/mol. The minimum absolute atomic E-state index is 0.0681. The van der Waals surface area contributed by atoms with Gasteiger partial charge in [0.2, 0.25) is 0 Å². The third kappa shape index (κ3) is 3.90. The third-order valence-corrected chi connectivity index (χ3v) is 6.80. The Balaban J connectivity index is 2.21. The summed E-state index contributed by atoms with van der Waals surface area (Å²) in [5.41, 5.74) is 7.42. The third-order valence-electron chi connectivity index (χ3n) is 6.80. The van der Waals surface area contributed by atoms with Gasteiger partial charge in [-0.25, -0.2) is 0 Å². The first-order valence-corrected chi connectivity index (χ1v) is 10.8. The van der Waals surface area contributed by atoms with Gasteiger partial charge >= 0.3 is 13.6 Å². The van der Waals surface area contributed by atoms with Crippen LogP contribution in [0.1, 0.15) is 71.4 Å². The van der Waals surface area contributed by atoms with E-state index < -0.39 is 24.8 Å². The highest BCUT2D eigenvalue weighted by atomic mass is 16.7. The summed E-state index contributed by atoms with van der Waals surface area (Å²) in [6.45, 7) is 20.0. The number of rotatable bonds is 4. The Morgan fingerprint density at radius 3 is 1.50 bits per heavy atom. The molecule has 0 aromatic heterocycles. The molecule has 0 amide bonds. The summed E-state index contributed by atoms with van der Waals surface area (Å²) in [6.07, 6.45) is 0. The monoisotopic (exact) mass is 404 g/mol. The molecule has 0 atom stereocenters. The lowest BCUT2D eigenvalue weighted by molar-refractivity contribution is 0.00578. The van der Waals surface area contributed by atoms with Crippen molar-refractivity contribution in [3.63, 3.8) is 0 Å². The van der Waals surface area contributed by atoms with Gasteiger partial charge in [-0.2, -0.15) is 0 Å². The lowest BCUT2D eigenvalue weighted by Gasteiger charge is -2.32. The lowest BCUT2D eigenvalue weighted by Crippen LogP contribution is -2.56. The molecule has 2 aromatic rings. The molecule has 0 spiro atoms. The van der Waals surface area contributed by atoms with Gasteiger partial charge in [0.1, 0.15) is 5.68 Å². The van der Waals surface area contributed by atoms with Gasteiger partial charge in [-0.1, -0.05) is 52.0 Å². The standard InChI is InChI=1S/C25H34B2O3/c1-15-11-17(3)21(18(4)12-15)23(28)26(22-19(5)13-16(2)14-20(22)6)27-29-24(7,8)25(9,10)30-27/h11-14H,1-10H3. The Kier molecular flexibility index (Phi) is 5.85. The Labute approximate surface area is 182 Å². The van der Waals surface area contributed by atoms with Crippen molar-refractivity contribution in [2.24, 2.45) is 0 Å². The summed E-state index contributed by atoms with van der Waals surface area (Å²) in [6, 6.07) is 8.44. The predicted octanol–water partition coefficient (Wildman–Crippen LogP) is 4.83. The molecule has 1 aliphatic rings. The van der Waals surface area contributed by atoms with E-state index in [4.69, 9.17) is 9.31 Å². The zero-order valence-electron chi connectivity index (χ0n) is 20.2. The van der Waals surface area contributed by atoms with Crippen molar-refractivity contribution in [1.82, 2.24) is 0 Å². The van der Waals surface area contributed by atoms with E-state index in [2.05, 4.69) is 52.0 Å². The Bertz CT molecular complexity index is 945. The number of aryl methyl sites for hydroxylation is 6. The second-order valence-electron chi connectivity index (χ2n) is 10.1. The molecule has 1 aliphatic heterocycles. The maximum atomic E-state index is 14.1. The number of hydrogen-bond donors (Lipinski definition) is 0. The van der Waals surface area contributed by atoms with Crippen molar-refractivity contribution in [3.8, 4) is 0 Å². The quantitative estimate of drug-likeness (QED) is 0.685. The summed E-state index contributed by atoms with van der Waals surface area (Å²) in [4.78, 5) is 14.1. The van der Waals surface area contributed by atoms with Crippen LogP contribution in [0.3, 0.4) is 0 Å². The summed E-state index contributed by atoms with van der Waals surface area (Å²) in [5.74, 6) is 0. The molecule has 158 valence electrons. The van der Waals surface area contributed by atoms with Crippen molar-refractivity contribution < 1.29 is 14.1 Å². The second kappa shape index (κ2) is 7.69. The van der Waals surface area contributed by atoms with Crippen molar-refractivity contribution >= 4 is 24.8 Å². The van der Waals surface area contributed by atoms with Crippen molar-refractivity contribution in [2.45, 2.75) is 80.4 Å². The summed E-state index contributed by atoms with van der Waals surface area (Å²) in [5, 5.41) is 0. The fourth-order valence-electron chi connectivity index (χ4n) is 4.82. The van der Waals surface area contributed by atoms with Crippen molar-refractivity contribution in [1.29, 1.82) is 0 Å². The van der Waals surface area contributed by atoms with Gasteiger partial charge in [0.15, 0.2) is 0 Å². The smallest absolute Gasteiger partial charge is 0.409 e. The fourth-order valence-corrected chi connectivity index (χ4v) is 4.82. The van der Waals surface area contributed by atoms with Gasteiger partial charge in [-0.15, -0.1) is 0 Å². The van der Waals surface area contributed by atoms with Crippen LogP contribution >= 0.6 is 0 Å². The van der Waals surface area contributed by atoms with E-state index in [-0.39, 0.29) is 5.68 Å². The van der Waals surface area contributed by atoms with Crippen LogP contribution in [0.4, 0.5) is 0 Å². The normalized spacial score (nSPS) is 17.3. The molecule has 1 saturated heterocycles. The van der Waals surface area contributed by atoms with Gasteiger partial charge in [0, 0.05) is 5.56 Å². The van der Waals surface area contributed by atoms with Crippen LogP contribution in [-0.4, -0.2) is 30.5 Å². The maximum absolute atomic E-state index is 14.1. The number of carbonyl (C=O) groups excluding carboxylic acids is 1. The van der Waals surface area contributed by atoms with E-state index in [0.29, 0.717) is 0 Å². The molecule has 0 aliphatic carbocycles. The van der Waals surface area contributed by atoms with E-state index in [1.54, 1.807) is 0 Å². The minimum atomic E-state index is -0.636. The molecule has 0 saturated carbocycles. The first-order chi connectivity index (χ1) is 13.7. The first kappa shape index (κ1) is 22.8. The van der Waals surface area contributed by atoms with Crippen LogP contribution in [-0.2, 0) is 9.31 Å². The second-order valence-corrected chi connectivity index (χ2v) is 10.1. The zero-order chi connectivity index (χ0) is 22.6. The summed E-state index contributed by atoms with van der Waals surface area (Å²) in [7, 11) is -0.636. The molecule has 2 aromatic carbocycles. The number of hydrogen-bond acceptors (Lipinski definition) is 3. The topological polar surface area (TPSA) is 35.5 Å². The molecule has 30 heavy (non-hydrogen) atoms. The molecular formula is C25H34B2O3. The Morgan fingerprint density at radius 2 is 1.10 bits per heavy atom. The summed E-state index contributed by atoms with van der Waals surface area (Å²) < 4.78 is 12.8. The molecule has 0 radical (unpaired) electrons. The van der Waals surface area contributed by atoms with Crippen LogP contribution < -0.4 is 5.46 Å². The Morgan fingerprint density at radius 1 is 0.733 bits per heavy atom. The molecule has 0 N–H and O–H groups in total. The van der Waals surface area contributed by atoms with E-state index in [0.717, 1.165) is 38.8 Å². The molecule has 3 nitrogen and oxygen atoms in total. The summed E-state index contributed by atoms with van der Waals surface area (Å²) >= 11 is 0. The molecule has 1 fully saturated rings. The van der Waals surface area contributed by atoms with E-state index in [9.17, 15) is 4.79 Å². The van der Waals surface area contributed by atoms with Crippen LogP contribution in [0.2, 0.25) is 0 Å². The number of carbonyl (C=O) groups is 1. The van der Waals surface area contributed by atoms with Gasteiger partial charge < -0.3 is 14.1 Å². The van der Waals surface area contributed by atoms with E-state index in [1.165, 1.54) is 5.56 Å². The maximum Gasteiger partial charge on any atom is 0.425 e. The average molecular weight is 404 g/mol. The van der Waals surface area contributed by atoms with Crippen LogP contribution in [0.25, 0.3) is 0 Å². The molecular weight excluding hydrogens is 370 g/mol. The van der Waals surface area contributed by atoms with Crippen LogP contribution in [0.15, 0.2) is 24.3 Å². The first-order valence-electron chi connectivity index (χ1n) is 10.8. The largest absolute Gasteiger partial charge is 0.425 e. The highest BCUT2D eigenvalue weighted by Gasteiger charge is 2.57. The lowest BCUT2D eigenvalue weighted by atomic mass is 9.18. The van der Waals surface area contributed by atoms with Crippen LogP contribution in [0, 0.1) is 41.5 Å². The fraction of sp³-hybridized carbons (Fsp3) is 0.480. The average Bonchev–Trinajstić information content (AvgIpc) is 2.76. The van der Waals surface area contributed by atoms with Gasteiger partial charge in [-0.05, 0) is 80.4 Å². The molecule has 3 rings (SSSR count). The molecule has 5 heteroatoms. The van der Waals surface area contributed by atoms with Crippen molar-refractivity contribution in [3.05, 3.63) is 63.2 Å². The molecule has 0 bridgehead atoms. The zero-order valence-corrected chi connectivity index (χ0v) is 20.2. The number of benzene rings is 2. The van der Waals surface area contributed by atoms with Gasteiger partial charge in [0.25, 0.3) is 0 Å².